The summed E-state index contributed by atoms with van der Waals surface area (Å²) in [5, 5.41) is 10.6. The lowest BCUT2D eigenvalue weighted by Gasteiger charge is -2.41. The average molecular weight is 204 g/mol. The standard InChI is InChI=1S/C14H20O/c1-2-14(15,13-9-6-10-13)11-12-7-4-3-5-8-12/h3-5,7-8,13,15H,2,6,9-11H2,1H3. The monoisotopic (exact) mass is 204 g/mol. The lowest BCUT2D eigenvalue weighted by molar-refractivity contribution is -0.0529. The molecule has 0 amide bonds. The predicted molar refractivity (Wildman–Crippen MR) is 62.7 cm³/mol. The highest BCUT2D eigenvalue weighted by atomic mass is 16.3. The molecule has 0 aliphatic heterocycles. The van der Waals surface area contributed by atoms with E-state index in [-0.39, 0.29) is 0 Å². The van der Waals surface area contributed by atoms with Crippen molar-refractivity contribution in [3.63, 3.8) is 0 Å². The zero-order chi connectivity index (χ0) is 10.7. The molecular weight excluding hydrogens is 184 g/mol. The molecule has 1 atom stereocenters. The van der Waals surface area contributed by atoms with Crippen LogP contribution in [0.4, 0.5) is 0 Å². The molecule has 0 spiro atoms. The average Bonchev–Trinajstić information content (AvgIpc) is 2.16. The molecule has 82 valence electrons. The summed E-state index contributed by atoms with van der Waals surface area (Å²) in [5.41, 5.74) is 0.799. The predicted octanol–water partition coefficient (Wildman–Crippen LogP) is 3.17. The Labute approximate surface area is 92.1 Å². The Bertz CT molecular complexity index is 302. The second-order valence-electron chi connectivity index (χ2n) is 4.75. The zero-order valence-electron chi connectivity index (χ0n) is 9.45. The largest absolute Gasteiger partial charge is 0.389 e. The van der Waals surface area contributed by atoms with E-state index in [0.717, 1.165) is 12.8 Å². The minimum Gasteiger partial charge on any atom is -0.389 e. The van der Waals surface area contributed by atoms with Crippen LogP contribution in [0.15, 0.2) is 30.3 Å². The topological polar surface area (TPSA) is 20.2 Å². The Morgan fingerprint density at radius 2 is 1.93 bits per heavy atom. The highest BCUT2D eigenvalue weighted by Gasteiger charge is 2.38. The molecule has 2 rings (SSSR count). The Balaban J connectivity index is 2.07. The Morgan fingerprint density at radius 1 is 1.27 bits per heavy atom. The van der Waals surface area contributed by atoms with Gasteiger partial charge in [-0.05, 0) is 30.7 Å². The number of benzene rings is 1. The van der Waals surface area contributed by atoms with E-state index in [2.05, 4.69) is 19.1 Å². The summed E-state index contributed by atoms with van der Waals surface area (Å²) < 4.78 is 0. The summed E-state index contributed by atoms with van der Waals surface area (Å²) in [5.74, 6) is 0.530. The van der Waals surface area contributed by atoms with Gasteiger partial charge in [0.15, 0.2) is 0 Å². The van der Waals surface area contributed by atoms with Crippen molar-refractivity contribution in [1.29, 1.82) is 0 Å². The van der Waals surface area contributed by atoms with Gasteiger partial charge in [0.2, 0.25) is 0 Å². The van der Waals surface area contributed by atoms with Crippen LogP contribution in [-0.2, 0) is 6.42 Å². The fourth-order valence-electron chi connectivity index (χ4n) is 2.45. The van der Waals surface area contributed by atoms with E-state index in [0.29, 0.717) is 5.92 Å². The first kappa shape index (κ1) is 10.7. The Hall–Kier alpha value is -0.820. The molecule has 0 heterocycles. The van der Waals surface area contributed by atoms with Crippen molar-refractivity contribution < 1.29 is 5.11 Å². The lowest BCUT2D eigenvalue weighted by Crippen LogP contribution is -2.43. The molecule has 1 aromatic carbocycles. The van der Waals surface area contributed by atoms with Gasteiger partial charge >= 0.3 is 0 Å². The summed E-state index contributed by atoms with van der Waals surface area (Å²) in [4.78, 5) is 0. The molecule has 0 bridgehead atoms. The molecule has 1 heteroatoms. The maximum absolute atomic E-state index is 10.6. The van der Waals surface area contributed by atoms with E-state index in [1.54, 1.807) is 0 Å². The molecule has 0 radical (unpaired) electrons. The van der Waals surface area contributed by atoms with Crippen molar-refractivity contribution >= 4 is 0 Å². The minimum atomic E-state index is -0.459. The van der Waals surface area contributed by atoms with E-state index in [4.69, 9.17) is 0 Å². The molecule has 1 aliphatic rings. The fraction of sp³-hybridized carbons (Fsp3) is 0.571. The number of hydrogen-bond donors (Lipinski definition) is 1. The van der Waals surface area contributed by atoms with Gasteiger partial charge < -0.3 is 5.11 Å². The van der Waals surface area contributed by atoms with E-state index in [1.165, 1.54) is 24.8 Å². The first-order valence-electron chi connectivity index (χ1n) is 6.01. The number of rotatable bonds is 4. The molecule has 1 aliphatic carbocycles. The molecule has 1 aromatic rings. The quantitative estimate of drug-likeness (QED) is 0.798. The summed E-state index contributed by atoms with van der Waals surface area (Å²) in [6.07, 6.45) is 5.39. The van der Waals surface area contributed by atoms with Gasteiger partial charge in [-0.2, -0.15) is 0 Å². The summed E-state index contributed by atoms with van der Waals surface area (Å²) >= 11 is 0. The molecule has 0 aromatic heterocycles. The number of hydrogen-bond acceptors (Lipinski definition) is 1. The van der Waals surface area contributed by atoms with Crippen molar-refractivity contribution in [2.24, 2.45) is 5.92 Å². The second kappa shape index (κ2) is 4.36. The SMILES string of the molecule is CCC(O)(Cc1ccccc1)C1CCC1. The third kappa shape index (κ3) is 2.23. The molecule has 0 saturated heterocycles. The third-order valence-corrected chi connectivity index (χ3v) is 3.83. The fourth-order valence-corrected chi connectivity index (χ4v) is 2.45. The van der Waals surface area contributed by atoms with Gasteiger partial charge in [-0.3, -0.25) is 0 Å². The van der Waals surface area contributed by atoms with Crippen LogP contribution in [0.5, 0.6) is 0 Å². The Kier molecular flexibility index (Phi) is 3.11. The van der Waals surface area contributed by atoms with Crippen molar-refractivity contribution in [3.05, 3.63) is 35.9 Å². The first-order chi connectivity index (χ1) is 7.24. The van der Waals surface area contributed by atoms with E-state index in [1.807, 2.05) is 18.2 Å². The maximum Gasteiger partial charge on any atom is 0.0713 e. The van der Waals surface area contributed by atoms with Crippen molar-refractivity contribution in [1.82, 2.24) is 0 Å². The summed E-state index contributed by atoms with van der Waals surface area (Å²) in [7, 11) is 0. The van der Waals surface area contributed by atoms with Gasteiger partial charge in [0.05, 0.1) is 5.60 Å². The Morgan fingerprint density at radius 3 is 2.40 bits per heavy atom. The van der Waals surface area contributed by atoms with Gasteiger partial charge in [-0.15, -0.1) is 0 Å². The van der Waals surface area contributed by atoms with Crippen LogP contribution in [-0.4, -0.2) is 10.7 Å². The minimum absolute atomic E-state index is 0.459. The van der Waals surface area contributed by atoms with Crippen LogP contribution in [0.25, 0.3) is 0 Å². The van der Waals surface area contributed by atoms with E-state index < -0.39 is 5.60 Å². The van der Waals surface area contributed by atoms with Gasteiger partial charge in [0.25, 0.3) is 0 Å². The second-order valence-corrected chi connectivity index (χ2v) is 4.75. The van der Waals surface area contributed by atoms with Crippen LogP contribution < -0.4 is 0 Å². The normalized spacial score (nSPS) is 20.7. The first-order valence-corrected chi connectivity index (χ1v) is 6.01. The van der Waals surface area contributed by atoms with Gasteiger partial charge in [0, 0.05) is 6.42 Å². The molecule has 1 N–H and O–H groups in total. The number of aliphatic hydroxyl groups is 1. The zero-order valence-corrected chi connectivity index (χ0v) is 9.45. The molecule has 1 saturated carbocycles. The molecule has 1 fully saturated rings. The summed E-state index contributed by atoms with van der Waals surface area (Å²) in [6, 6.07) is 10.3. The van der Waals surface area contributed by atoms with Crippen molar-refractivity contribution in [3.8, 4) is 0 Å². The molecule has 15 heavy (non-hydrogen) atoms. The van der Waals surface area contributed by atoms with Crippen LogP contribution in [0.3, 0.4) is 0 Å². The van der Waals surface area contributed by atoms with E-state index in [9.17, 15) is 5.11 Å². The summed E-state index contributed by atoms with van der Waals surface area (Å²) in [6.45, 7) is 2.10. The van der Waals surface area contributed by atoms with Crippen LogP contribution in [0.1, 0.15) is 38.2 Å². The molecule has 1 nitrogen and oxygen atoms in total. The van der Waals surface area contributed by atoms with Crippen molar-refractivity contribution in [2.75, 3.05) is 0 Å². The smallest absolute Gasteiger partial charge is 0.0713 e. The molecule has 1 unspecified atom stereocenters. The van der Waals surface area contributed by atoms with Crippen LogP contribution in [0, 0.1) is 5.92 Å². The maximum atomic E-state index is 10.6. The van der Waals surface area contributed by atoms with Crippen molar-refractivity contribution in [2.45, 2.75) is 44.6 Å². The third-order valence-electron chi connectivity index (χ3n) is 3.83. The van der Waals surface area contributed by atoms with Gasteiger partial charge in [-0.25, -0.2) is 0 Å². The molecular formula is C14H20O. The highest BCUT2D eigenvalue weighted by molar-refractivity contribution is 5.17. The van der Waals surface area contributed by atoms with Gasteiger partial charge in [-0.1, -0.05) is 43.7 Å². The highest BCUT2D eigenvalue weighted by Crippen LogP contribution is 2.39. The van der Waals surface area contributed by atoms with Crippen LogP contribution >= 0.6 is 0 Å². The van der Waals surface area contributed by atoms with Gasteiger partial charge in [0.1, 0.15) is 0 Å². The van der Waals surface area contributed by atoms with Crippen LogP contribution in [0.2, 0.25) is 0 Å². The lowest BCUT2D eigenvalue weighted by atomic mass is 9.69. The van der Waals surface area contributed by atoms with E-state index >= 15 is 0 Å².